The number of thiazole rings is 1. The fraction of sp³-hybridized carbons (Fsp3) is 0.286. The van der Waals surface area contributed by atoms with Crippen LogP contribution in [0.15, 0.2) is 29.6 Å². The lowest BCUT2D eigenvalue weighted by atomic mass is 10.1. The molecule has 0 unspecified atom stereocenters. The van der Waals surface area contributed by atoms with Crippen LogP contribution in [-0.4, -0.2) is 29.7 Å². The van der Waals surface area contributed by atoms with Gasteiger partial charge in [0, 0.05) is 10.9 Å². The van der Waals surface area contributed by atoms with E-state index in [4.69, 9.17) is 5.11 Å². The highest BCUT2D eigenvalue weighted by atomic mass is 32.2. The van der Waals surface area contributed by atoms with Gasteiger partial charge < -0.3 is 5.11 Å². The Morgan fingerprint density at radius 3 is 2.38 bits per heavy atom. The molecule has 112 valence electrons. The number of sulfone groups is 1. The quantitative estimate of drug-likeness (QED) is 0.913. The third-order valence-electron chi connectivity index (χ3n) is 3.02. The molecule has 0 aliphatic carbocycles. The van der Waals surface area contributed by atoms with Crippen LogP contribution in [0.3, 0.4) is 0 Å². The van der Waals surface area contributed by atoms with Gasteiger partial charge in [-0.05, 0) is 19.4 Å². The Morgan fingerprint density at radius 2 is 1.90 bits per heavy atom. The number of carboxylic acids is 1. The standard InChI is InChI=1S/C14H15NO4S2/c1-9(2)21(18,19)8-10-3-5-11(6-4-10)12-7-20-13(15-12)14(16)17/h3-7,9H,8H2,1-2H3,(H,16,17). The second-order valence-corrected chi connectivity index (χ2v) is 8.31. The first kappa shape index (κ1) is 15.7. The number of aromatic carboxylic acids is 1. The summed E-state index contributed by atoms with van der Waals surface area (Å²) in [4.78, 5) is 14.8. The molecule has 0 saturated heterocycles. The monoisotopic (exact) mass is 325 g/mol. The van der Waals surface area contributed by atoms with E-state index in [1.807, 2.05) is 0 Å². The summed E-state index contributed by atoms with van der Waals surface area (Å²) < 4.78 is 23.7. The summed E-state index contributed by atoms with van der Waals surface area (Å²) >= 11 is 1.06. The fourth-order valence-corrected chi connectivity index (χ4v) is 3.33. The lowest BCUT2D eigenvalue weighted by Crippen LogP contribution is -2.15. The summed E-state index contributed by atoms with van der Waals surface area (Å²) in [6.45, 7) is 3.32. The molecule has 21 heavy (non-hydrogen) atoms. The van der Waals surface area contributed by atoms with Crippen molar-refractivity contribution in [3.63, 3.8) is 0 Å². The molecule has 2 rings (SSSR count). The van der Waals surface area contributed by atoms with Crippen LogP contribution in [0.5, 0.6) is 0 Å². The average Bonchev–Trinajstić information content (AvgIpc) is 2.88. The largest absolute Gasteiger partial charge is 0.476 e. The predicted octanol–water partition coefficient (Wildman–Crippen LogP) is 2.83. The van der Waals surface area contributed by atoms with Gasteiger partial charge in [0.25, 0.3) is 0 Å². The average molecular weight is 325 g/mol. The summed E-state index contributed by atoms with van der Waals surface area (Å²) in [5.41, 5.74) is 2.06. The predicted molar refractivity (Wildman–Crippen MR) is 82.3 cm³/mol. The van der Waals surface area contributed by atoms with Crippen LogP contribution in [0.2, 0.25) is 0 Å². The molecule has 0 aliphatic heterocycles. The normalized spacial score (nSPS) is 11.8. The topological polar surface area (TPSA) is 84.3 Å². The molecule has 0 aliphatic rings. The highest BCUT2D eigenvalue weighted by Gasteiger charge is 2.17. The van der Waals surface area contributed by atoms with E-state index >= 15 is 0 Å². The number of benzene rings is 1. The molecule has 0 radical (unpaired) electrons. The van der Waals surface area contributed by atoms with Crippen molar-refractivity contribution >= 4 is 27.1 Å². The number of rotatable bonds is 5. The Kier molecular flexibility index (Phi) is 4.43. The van der Waals surface area contributed by atoms with Gasteiger partial charge in [0.05, 0.1) is 16.7 Å². The summed E-state index contributed by atoms with van der Waals surface area (Å²) in [5, 5.41) is 10.1. The summed E-state index contributed by atoms with van der Waals surface area (Å²) in [6.07, 6.45) is 0. The molecule has 7 heteroatoms. The molecule has 0 saturated carbocycles. The SMILES string of the molecule is CC(C)S(=O)(=O)Cc1ccc(-c2csc(C(=O)O)n2)cc1. The van der Waals surface area contributed by atoms with Crippen LogP contribution >= 0.6 is 11.3 Å². The Balaban J connectivity index is 2.20. The first-order valence-corrected chi connectivity index (χ1v) is 8.89. The summed E-state index contributed by atoms with van der Waals surface area (Å²) in [7, 11) is -3.13. The second kappa shape index (κ2) is 5.95. The zero-order valence-electron chi connectivity index (χ0n) is 11.6. The Morgan fingerprint density at radius 1 is 1.29 bits per heavy atom. The van der Waals surface area contributed by atoms with Crippen molar-refractivity contribution in [3.8, 4) is 11.3 Å². The molecule has 0 fully saturated rings. The molecule has 0 amide bonds. The zero-order chi connectivity index (χ0) is 15.6. The van der Waals surface area contributed by atoms with Gasteiger partial charge >= 0.3 is 5.97 Å². The van der Waals surface area contributed by atoms with Gasteiger partial charge in [-0.3, -0.25) is 0 Å². The molecule has 0 atom stereocenters. The van der Waals surface area contributed by atoms with E-state index in [-0.39, 0.29) is 10.8 Å². The summed E-state index contributed by atoms with van der Waals surface area (Å²) in [6, 6.07) is 6.97. The number of hydrogen-bond donors (Lipinski definition) is 1. The third kappa shape index (κ3) is 3.68. The molecule has 5 nitrogen and oxygen atoms in total. The number of carbonyl (C=O) groups is 1. The van der Waals surface area contributed by atoms with Crippen LogP contribution in [0.1, 0.15) is 29.2 Å². The van der Waals surface area contributed by atoms with Gasteiger partial charge in [-0.15, -0.1) is 11.3 Å². The van der Waals surface area contributed by atoms with E-state index in [1.165, 1.54) is 0 Å². The van der Waals surface area contributed by atoms with Crippen LogP contribution in [0.25, 0.3) is 11.3 Å². The minimum absolute atomic E-state index is 0.00237. The first-order valence-electron chi connectivity index (χ1n) is 6.29. The fourth-order valence-electron chi connectivity index (χ4n) is 1.68. The lowest BCUT2D eigenvalue weighted by molar-refractivity contribution is 0.0696. The van der Waals surface area contributed by atoms with Crippen LogP contribution in [0.4, 0.5) is 0 Å². The number of aromatic nitrogens is 1. The van der Waals surface area contributed by atoms with Gasteiger partial charge in [-0.1, -0.05) is 24.3 Å². The van der Waals surface area contributed by atoms with Crippen molar-refractivity contribution in [2.45, 2.75) is 24.9 Å². The maximum Gasteiger partial charge on any atom is 0.365 e. The van der Waals surface area contributed by atoms with Gasteiger partial charge in [-0.2, -0.15) is 0 Å². The smallest absolute Gasteiger partial charge is 0.365 e. The molecule has 1 aromatic carbocycles. The lowest BCUT2D eigenvalue weighted by Gasteiger charge is -2.08. The van der Waals surface area contributed by atoms with E-state index in [0.29, 0.717) is 11.3 Å². The van der Waals surface area contributed by atoms with Crippen LogP contribution in [-0.2, 0) is 15.6 Å². The highest BCUT2D eigenvalue weighted by Crippen LogP contribution is 2.23. The maximum absolute atomic E-state index is 11.9. The molecule has 2 aromatic rings. The Hall–Kier alpha value is -1.73. The number of hydrogen-bond acceptors (Lipinski definition) is 5. The molecule has 0 bridgehead atoms. The number of nitrogens with zero attached hydrogens (tertiary/aromatic N) is 1. The van der Waals surface area contributed by atoms with Crippen LogP contribution in [0, 0.1) is 0 Å². The van der Waals surface area contributed by atoms with Crippen molar-refractivity contribution in [1.82, 2.24) is 4.98 Å². The molecule has 1 aromatic heterocycles. The van der Waals surface area contributed by atoms with Gasteiger partial charge in [-0.25, -0.2) is 18.2 Å². The van der Waals surface area contributed by atoms with E-state index in [9.17, 15) is 13.2 Å². The van der Waals surface area contributed by atoms with Crippen molar-refractivity contribution in [2.24, 2.45) is 0 Å². The van der Waals surface area contributed by atoms with E-state index in [2.05, 4.69) is 4.98 Å². The van der Waals surface area contributed by atoms with Crippen molar-refractivity contribution < 1.29 is 18.3 Å². The first-order chi connectivity index (χ1) is 9.79. The van der Waals surface area contributed by atoms with E-state index in [1.54, 1.807) is 43.5 Å². The summed E-state index contributed by atoms with van der Waals surface area (Å²) in [5.74, 6) is -1.05. The highest BCUT2D eigenvalue weighted by molar-refractivity contribution is 7.91. The minimum atomic E-state index is -3.13. The zero-order valence-corrected chi connectivity index (χ0v) is 13.2. The van der Waals surface area contributed by atoms with Gasteiger partial charge in [0.1, 0.15) is 0 Å². The second-order valence-electron chi connectivity index (χ2n) is 4.90. The molecule has 0 spiro atoms. The molecular formula is C14H15NO4S2. The third-order valence-corrected chi connectivity index (χ3v) is 6.03. The van der Waals surface area contributed by atoms with E-state index in [0.717, 1.165) is 16.9 Å². The Labute approximate surface area is 127 Å². The Bertz CT molecular complexity index is 746. The van der Waals surface area contributed by atoms with Crippen molar-refractivity contribution in [3.05, 3.63) is 40.2 Å². The molecule has 1 N–H and O–H groups in total. The molecule has 1 heterocycles. The number of carboxylic acid groups (broad SMARTS) is 1. The van der Waals surface area contributed by atoms with Gasteiger partial charge in [0.2, 0.25) is 5.01 Å². The van der Waals surface area contributed by atoms with Crippen molar-refractivity contribution in [1.29, 1.82) is 0 Å². The van der Waals surface area contributed by atoms with Crippen molar-refractivity contribution in [2.75, 3.05) is 0 Å². The maximum atomic E-state index is 11.9. The minimum Gasteiger partial charge on any atom is -0.476 e. The molecular weight excluding hydrogens is 310 g/mol. The van der Waals surface area contributed by atoms with Gasteiger partial charge in [0.15, 0.2) is 9.84 Å². The van der Waals surface area contributed by atoms with E-state index < -0.39 is 21.1 Å². The van der Waals surface area contributed by atoms with Crippen LogP contribution < -0.4 is 0 Å².